The summed E-state index contributed by atoms with van der Waals surface area (Å²) in [6, 6.07) is 0. The summed E-state index contributed by atoms with van der Waals surface area (Å²) < 4.78 is 7.19. The van der Waals surface area contributed by atoms with Crippen LogP contribution in [0.4, 0.5) is 0 Å². The van der Waals surface area contributed by atoms with Gasteiger partial charge in [0.1, 0.15) is 6.61 Å². The Labute approximate surface area is 74.5 Å². The summed E-state index contributed by atoms with van der Waals surface area (Å²) in [6.07, 6.45) is 8.91. The molecule has 2 aromatic heterocycles. The largest absolute Gasteiger partial charge is 0.495 e. The van der Waals surface area contributed by atoms with Crippen LogP contribution in [-0.2, 0) is 11.3 Å². The predicted molar refractivity (Wildman–Crippen MR) is 46.8 cm³/mol. The Morgan fingerprint density at radius 3 is 3.46 bits per heavy atom. The first-order chi connectivity index (χ1) is 6.45. The normalized spacial score (nSPS) is 14.2. The van der Waals surface area contributed by atoms with E-state index in [1.54, 1.807) is 18.7 Å². The smallest absolute Gasteiger partial charge is 0.156 e. The van der Waals surface area contributed by atoms with Crippen LogP contribution in [0.15, 0.2) is 24.9 Å². The van der Waals surface area contributed by atoms with Crippen molar-refractivity contribution in [3.63, 3.8) is 0 Å². The van der Waals surface area contributed by atoms with Gasteiger partial charge in [-0.1, -0.05) is 0 Å². The number of hydrogen-bond acceptors (Lipinski definition) is 3. The van der Waals surface area contributed by atoms with Crippen molar-refractivity contribution in [3.8, 4) is 0 Å². The van der Waals surface area contributed by atoms with E-state index in [1.165, 1.54) is 0 Å². The Kier molecular flexibility index (Phi) is 1.19. The average Bonchev–Trinajstić information content (AvgIpc) is 2.56. The van der Waals surface area contributed by atoms with Crippen LogP contribution in [0.2, 0.25) is 0 Å². The van der Waals surface area contributed by atoms with Gasteiger partial charge < -0.3 is 4.74 Å². The van der Waals surface area contributed by atoms with E-state index in [4.69, 9.17) is 4.74 Å². The number of imidazole rings is 1. The molecule has 0 atom stereocenters. The maximum atomic E-state index is 5.20. The van der Waals surface area contributed by atoms with Gasteiger partial charge in [-0.2, -0.15) is 0 Å². The van der Waals surface area contributed by atoms with E-state index in [9.17, 15) is 0 Å². The highest BCUT2D eigenvalue weighted by molar-refractivity contribution is 5.55. The first-order valence-corrected chi connectivity index (χ1v) is 4.04. The standard InChI is InChI=1S/C9H7N3O/c1-4-13-6-8-7(1)11-9-5-10-2-3-12(8)9/h1-5H,6H2. The lowest BCUT2D eigenvalue weighted by molar-refractivity contribution is 0.229. The molecule has 0 radical (unpaired) electrons. The van der Waals surface area contributed by atoms with Crippen molar-refractivity contribution >= 4 is 11.7 Å². The number of aromatic nitrogens is 3. The summed E-state index contributed by atoms with van der Waals surface area (Å²) in [5.41, 5.74) is 2.92. The Hall–Kier alpha value is -1.84. The van der Waals surface area contributed by atoms with Gasteiger partial charge in [0.05, 0.1) is 23.8 Å². The van der Waals surface area contributed by atoms with Crippen LogP contribution in [0.3, 0.4) is 0 Å². The van der Waals surface area contributed by atoms with Gasteiger partial charge in [-0.05, 0) is 0 Å². The maximum Gasteiger partial charge on any atom is 0.156 e. The molecule has 3 heterocycles. The van der Waals surface area contributed by atoms with Crippen molar-refractivity contribution in [2.24, 2.45) is 0 Å². The van der Waals surface area contributed by atoms with E-state index < -0.39 is 0 Å². The number of fused-ring (bicyclic) bond motifs is 3. The molecular formula is C9H7N3O. The third kappa shape index (κ3) is 0.853. The summed E-state index contributed by atoms with van der Waals surface area (Å²) in [4.78, 5) is 8.39. The minimum absolute atomic E-state index is 0.580. The summed E-state index contributed by atoms with van der Waals surface area (Å²) in [6.45, 7) is 0.580. The van der Waals surface area contributed by atoms with Crippen LogP contribution in [0.25, 0.3) is 11.7 Å². The average molecular weight is 173 g/mol. The first kappa shape index (κ1) is 6.65. The summed E-state index contributed by atoms with van der Waals surface area (Å²) in [5.74, 6) is 0. The SMILES string of the molecule is C1=Cc2nc3cnccn3c2CO1. The van der Waals surface area contributed by atoms with Gasteiger partial charge in [0.15, 0.2) is 5.65 Å². The van der Waals surface area contributed by atoms with Crippen LogP contribution in [-0.4, -0.2) is 14.4 Å². The molecule has 1 aliphatic heterocycles. The van der Waals surface area contributed by atoms with E-state index in [1.807, 2.05) is 16.7 Å². The fourth-order valence-electron chi connectivity index (χ4n) is 1.49. The molecule has 0 N–H and O–H groups in total. The highest BCUT2D eigenvalue weighted by Crippen LogP contribution is 2.17. The molecule has 0 bridgehead atoms. The van der Waals surface area contributed by atoms with Gasteiger partial charge in [0.2, 0.25) is 0 Å². The van der Waals surface area contributed by atoms with E-state index in [-0.39, 0.29) is 0 Å². The Balaban J connectivity index is 2.41. The van der Waals surface area contributed by atoms with Crippen LogP contribution in [0.5, 0.6) is 0 Å². The summed E-state index contributed by atoms with van der Waals surface area (Å²) in [7, 11) is 0. The molecule has 0 aliphatic carbocycles. The lowest BCUT2D eigenvalue weighted by atomic mass is 10.3. The van der Waals surface area contributed by atoms with Crippen molar-refractivity contribution in [2.45, 2.75) is 6.61 Å². The molecule has 1 aliphatic rings. The quantitative estimate of drug-likeness (QED) is 0.601. The molecule has 0 amide bonds. The van der Waals surface area contributed by atoms with Crippen molar-refractivity contribution in [1.82, 2.24) is 14.4 Å². The van der Waals surface area contributed by atoms with E-state index in [2.05, 4.69) is 9.97 Å². The lowest BCUT2D eigenvalue weighted by Crippen LogP contribution is -1.98. The number of ether oxygens (including phenoxy) is 1. The van der Waals surface area contributed by atoms with E-state index in [0.717, 1.165) is 17.0 Å². The second-order valence-electron chi connectivity index (χ2n) is 2.86. The molecule has 64 valence electrons. The monoisotopic (exact) mass is 173 g/mol. The Bertz CT molecular complexity index is 487. The molecule has 0 aromatic carbocycles. The zero-order valence-corrected chi connectivity index (χ0v) is 6.84. The molecule has 0 unspecified atom stereocenters. The van der Waals surface area contributed by atoms with Gasteiger partial charge >= 0.3 is 0 Å². The van der Waals surface area contributed by atoms with Gasteiger partial charge in [0, 0.05) is 18.5 Å². The topological polar surface area (TPSA) is 39.4 Å². The maximum absolute atomic E-state index is 5.20. The fourth-order valence-corrected chi connectivity index (χ4v) is 1.49. The minimum atomic E-state index is 0.580. The highest BCUT2D eigenvalue weighted by atomic mass is 16.5. The second kappa shape index (κ2) is 2.32. The van der Waals surface area contributed by atoms with Crippen molar-refractivity contribution in [3.05, 3.63) is 36.2 Å². The molecule has 0 saturated heterocycles. The molecule has 0 fully saturated rings. The van der Waals surface area contributed by atoms with Crippen molar-refractivity contribution in [1.29, 1.82) is 0 Å². The number of hydrogen-bond donors (Lipinski definition) is 0. The minimum Gasteiger partial charge on any atom is -0.495 e. The molecule has 3 rings (SSSR count). The highest BCUT2D eigenvalue weighted by Gasteiger charge is 2.12. The molecule has 4 nitrogen and oxygen atoms in total. The van der Waals surface area contributed by atoms with E-state index >= 15 is 0 Å². The molecule has 0 spiro atoms. The molecular weight excluding hydrogens is 166 g/mol. The Morgan fingerprint density at radius 2 is 2.46 bits per heavy atom. The van der Waals surface area contributed by atoms with Crippen molar-refractivity contribution in [2.75, 3.05) is 0 Å². The molecule has 2 aromatic rings. The second-order valence-corrected chi connectivity index (χ2v) is 2.86. The van der Waals surface area contributed by atoms with Crippen LogP contribution < -0.4 is 0 Å². The molecule has 4 heteroatoms. The van der Waals surface area contributed by atoms with Crippen LogP contribution in [0.1, 0.15) is 11.4 Å². The summed E-state index contributed by atoms with van der Waals surface area (Å²) >= 11 is 0. The van der Waals surface area contributed by atoms with Crippen LogP contribution >= 0.6 is 0 Å². The Morgan fingerprint density at radius 1 is 1.46 bits per heavy atom. The third-order valence-corrected chi connectivity index (χ3v) is 2.10. The van der Waals surface area contributed by atoms with Gasteiger partial charge in [-0.25, -0.2) is 4.98 Å². The van der Waals surface area contributed by atoms with Crippen molar-refractivity contribution < 1.29 is 4.74 Å². The number of rotatable bonds is 0. The zero-order valence-electron chi connectivity index (χ0n) is 6.84. The lowest BCUT2D eigenvalue weighted by Gasteiger charge is -2.06. The molecule has 0 saturated carbocycles. The van der Waals surface area contributed by atoms with E-state index in [0.29, 0.717) is 6.61 Å². The molecule has 13 heavy (non-hydrogen) atoms. The third-order valence-electron chi connectivity index (χ3n) is 2.10. The predicted octanol–water partition coefficient (Wildman–Crippen LogP) is 1.23. The first-order valence-electron chi connectivity index (χ1n) is 4.04. The zero-order chi connectivity index (χ0) is 8.67. The number of nitrogens with zero attached hydrogens (tertiary/aromatic N) is 3. The van der Waals surface area contributed by atoms with Crippen LogP contribution in [0, 0.1) is 0 Å². The van der Waals surface area contributed by atoms with Gasteiger partial charge in [0.25, 0.3) is 0 Å². The van der Waals surface area contributed by atoms with Gasteiger partial charge in [-0.15, -0.1) is 0 Å². The summed E-state index contributed by atoms with van der Waals surface area (Å²) in [5, 5.41) is 0. The van der Waals surface area contributed by atoms with Gasteiger partial charge in [-0.3, -0.25) is 9.38 Å². The fraction of sp³-hybridized carbons (Fsp3) is 0.111.